The molecule has 0 amide bonds. The molecule has 10 heteroatoms. The fourth-order valence-electron chi connectivity index (χ4n) is 10.00. The zero-order chi connectivity index (χ0) is 52.4. The van der Waals surface area contributed by atoms with Crippen molar-refractivity contribution in [2.24, 2.45) is 5.73 Å². The van der Waals surface area contributed by atoms with Crippen molar-refractivity contribution >= 4 is 19.8 Å². The largest absolute Gasteiger partial charge is 0.472 e. The van der Waals surface area contributed by atoms with Crippen molar-refractivity contribution < 1.29 is 37.6 Å². The van der Waals surface area contributed by atoms with Gasteiger partial charge in [-0.25, -0.2) is 4.57 Å². The number of hydrogen-bond donors (Lipinski definition) is 2. The minimum Gasteiger partial charge on any atom is -0.462 e. The van der Waals surface area contributed by atoms with Crippen LogP contribution in [0.15, 0.2) is 0 Å². The van der Waals surface area contributed by atoms with Gasteiger partial charge in [0, 0.05) is 19.4 Å². The maximum absolute atomic E-state index is 12.7. The van der Waals surface area contributed by atoms with Gasteiger partial charge in [0.2, 0.25) is 0 Å². The second-order valence-corrected chi connectivity index (χ2v) is 23.5. The number of carbonyl (C=O) groups is 2. The molecule has 2 unspecified atom stereocenters. The first kappa shape index (κ1) is 71.0. The van der Waals surface area contributed by atoms with Crippen molar-refractivity contribution in [3.05, 3.63) is 0 Å². The molecule has 2 atom stereocenters. The molecule has 0 heterocycles. The van der Waals surface area contributed by atoms with Gasteiger partial charge in [0.25, 0.3) is 0 Å². The van der Waals surface area contributed by atoms with Crippen molar-refractivity contribution in [2.75, 3.05) is 26.4 Å². The molecule has 0 aliphatic heterocycles. The normalized spacial score (nSPS) is 12.9. The van der Waals surface area contributed by atoms with Gasteiger partial charge in [0.05, 0.1) is 13.2 Å². The van der Waals surface area contributed by atoms with Gasteiger partial charge in [-0.05, 0) is 12.8 Å². The van der Waals surface area contributed by atoms with Crippen molar-refractivity contribution in [3.8, 4) is 0 Å². The average molecular weight is 1040 g/mol. The summed E-state index contributed by atoms with van der Waals surface area (Å²) < 4.78 is 33.1. The maximum Gasteiger partial charge on any atom is 0.472 e. The number of hydrogen-bond acceptors (Lipinski definition) is 8. The van der Waals surface area contributed by atoms with Gasteiger partial charge in [-0.2, -0.15) is 0 Å². The van der Waals surface area contributed by atoms with E-state index in [1.54, 1.807) is 0 Å². The van der Waals surface area contributed by atoms with Crippen LogP contribution in [0.25, 0.3) is 0 Å². The fourth-order valence-corrected chi connectivity index (χ4v) is 10.8. The molecule has 430 valence electrons. The minimum atomic E-state index is -4.38. The number of rotatable bonds is 62. The van der Waals surface area contributed by atoms with Crippen LogP contribution in [0.1, 0.15) is 354 Å². The summed E-state index contributed by atoms with van der Waals surface area (Å²) in [5.74, 6) is -0.802. The fraction of sp³-hybridized carbons (Fsp3) is 0.968. The maximum atomic E-state index is 12.7. The van der Waals surface area contributed by atoms with E-state index >= 15 is 0 Å². The Labute approximate surface area is 447 Å². The molecule has 0 aromatic heterocycles. The molecule has 0 rings (SSSR count). The summed E-state index contributed by atoms with van der Waals surface area (Å²) in [6, 6.07) is 0. The van der Waals surface area contributed by atoms with E-state index in [4.69, 9.17) is 24.3 Å². The van der Waals surface area contributed by atoms with Crippen molar-refractivity contribution in [1.82, 2.24) is 0 Å². The van der Waals surface area contributed by atoms with Crippen LogP contribution < -0.4 is 5.73 Å². The predicted molar refractivity (Wildman–Crippen MR) is 308 cm³/mol. The van der Waals surface area contributed by atoms with Crippen LogP contribution >= 0.6 is 7.82 Å². The molecule has 0 aliphatic rings. The highest BCUT2D eigenvalue weighted by atomic mass is 31.2. The summed E-state index contributed by atoms with van der Waals surface area (Å²) in [5.41, 5.74) is 5.39. The standard InChI is InChI=1S/C62H124NO8P/c1-3-5-7-9-11-13-15-17-19-21-22-23-24-25-26-27-28-29-30-31-32-33-34-35-36-37-38-39-41-43-45-47-49-51-53-55-62(65)71-60(59-70-72(66,67)69-57-56-63)58-68-61(64)54-52-50-48-46-44-42-40-20-18-16-14-12-10-8-6-4-2/h60H,3-59,63H2,1-2H3,(H,66,67). The van der Waals surface area contributed by atoms with Crippen LogP contribution in [0.2, 0.25) is 0 Å². The summed E-state index contributed by atoms with van der Waals surface area (Å²) in [5, 5.41) is 0. The molecule has 0 radical (unpaired) electrons. The zero-order valence-electron chi connectivity index (χ0n) is 48.2. The lowest BCUT2D eigenvalue weighted by Gasteiger charge is -2.19. The van der Waals surface area contributed by atoms with Crippen molar-refractivity contribution in [2.45, 2.75) is 360 Å². The third-order valence-corrected chi connectivity index (χ3v) is 15.7. The van der Waals surface area contributed by atoms with Crippen LogP contribution in [0.3, 0.4) is 0 Å². The van der Waals surface area contributed by atoms with Crippen LogP contribution in [0.5, 0.6) is 0 Å². The highest BCUT2D eigenvalue weighted by Crippen LogP contribution is 2.43. The van der Waals surface area contributed by atoms with Gasteiger partial charge >= 0.3 is 19.8 Å². The van der Waals surface area contributed by atoms with Crippen molar-refractivity contribution in [3.63, 3.8) is 0 Å². The lowest BCUT2D eigenvalue weighted by atomic mass is 10.0. The Hall–Kier alpha value is -0.990. The van der Waals surface area contributed by atoms with Crippen LogP contribution in [0, 0.1) is 0 Å². The van der Waals surface area contributed by atoms with Gasteiger partial charge < -0.3 is 20.1 Å². The molecule has 0 fully saturated rings. The highest BCUT2D eigenvalue weighted by molar-refractivity contribution is 7.47. The van der Waals surface area contributed by atoms with Gasteiger partial charge in [-0.15, -0.1) is 0 Å². The van der Waals surface area contributed by atoms with E-state index in [-0.39, 0.29) is 38.6 Å². The number of nitrogens with two attached hydrogens (primary N) is 1. The first-order valence-corrected chi connectivity index (χ1v) is 33.5. The molecule has 9 nitrogen and oxygen atoms in total. The van der Waals surface area contributed by atoms with Gasteiger partial charge in [-0.3, -0.25) is 18.6 Å². The number of phosphoric acid groups is 1. The number of phosphoric ester groups is 1. The van der Waals surface area contributed by atoms with E-state index in [1.807, 2.05) is 0 Å². The first-order valence-electron chi connectivity index (χ1n) is 32.0. The molecule has 0 saturated heterocycles. The van der Waals surface area contributed by atoms with E-state index in [1.165, 1.54) is 289 Å². The smallest absolute Gasteiger partial charge is 0.462 e. The van der Waals surface area contributed by atoms with E-state index in [0.29, 0.717) is 6.42 Å². The zero-order valence-corrected chi connectivity index (χ0v) is 49.1. The molecule has 72 heavy (non-hydrogen) atoms. The lowest BCUT2D eigenvalue weighted by molar-refractivity contribution is -0.161. The van der Waals surface area contributed by atoms with Gasteiger partial charge in [-0.1, -0.05) is 328 Å². The molecule has 0 aromatic carbocycles. The molecule has 0 saturated carbocycles. The first-order chi connectivity index (χ1) is 35.3. The topological polar surface area (TPSA) is 134 Å². The number of ether oxygens (including phenoxy) is 2. The Morgan fingerprint density at radius 1 is 0.361 bits per heavy atom. The number of esters is 2. The SMILES string of the molecule is CCCCCCCCCCCCCCCCCCCCCCCCCCCCCCCCCCCCCC(=O)OC(COC(=O)CCCCCCCCCCCCCCCCCC)COP(=O)(O)OCCN. The molecule has 0 spiro atoms. The Morgan fingerprint density at radius 3 is 0.847 bits per heavy atom. The van der Waals surface area contributed by atoms with Crippen LogP contribution in [-0.4, -0.2) is 49.3 Å². The lowest BCUT2D eigenvalue weighted by Crippen LogP contribution is -2.29. The van der Waals surface area contributed by atoms with E-state index < -0.39 is 26.5 Å². The number of carbonyl (C=O) groups excluding carboxylic acids is 2. The second kappa shape index (κ2) is 59.3. The Morgan fingerprint density at radius 2 is 0.597 bits per heavy atom. The molecule has 0 aliphatic carbocycles. The monoisotopic (exact) mass is 1040 g/mol. The van der Waals surface area contributed by atoms with Crippen LogP contribution in [-0.2, 0) is 32.7 Å². The summed E-state index contributed by atoms with van der Waals surface area (Å²) in [7, 11) is -4.38. The number of unbranched alkanes of at least 4 members (excludes halogenated alkanes) is 49. The molecule has 3 N–H and O–H groups in total. The summed E-state index contributed by atoms with van der Waals surface area (Å²) >= 11 is 0. The predicted octanol–water partition coefficient (Wildman–Crippen LogP) is 20.2. The van der Waals surface area contributed by atoms with Crippen molar-refractivity contribution in [1.29, 1.82) is 0 Å². The van der Waals surface area contributed by atoms with Gasteiger partial charge in [0.1, 0.15) is 6.61 Å². The molecule has 0 aromatic rings. The van der Waals surface area contributed by atoms with E-state index in [0.717, 1.165) is 32.1 Å². The Balaban J connectivity index is 3.76. The molecular weight excluding hydrogens is 918 g/mol. The Bertz CT molecular complexity index is 1140. The van der Waals surface area contributed by atoms with E-state index in [9.17, 15) is 19.0 Å². The Kier molecular flexibility index (Phi) is 58.4. The van der Waals surface area contributed by atoms with E-state index in [2.05, 4.69) is 13.8 Å². The average Bonchev–Trinajstić information content (AvgIpc) is 3.37. The minimum absolute atomic E-state index is 0.0586. The summed E-state index contributed by atoms with van der Waals surface area (Å²) in [6.07, 6.45) is 67.7. The molecule has 0 bridgehead atoms. The third kappa shape index (κ3) is 58.3. The molecular formula is C62H124NO8P. The highest BCUT2D eigenvalue weighted by Gasteiger charge is 2.26. The summed E-state index contributed by atoms with van der Waals surface area (Å²) in [6.45, 7) is 3.82. The quantitative estimate of drug-likeness (QED) is 0.0347. The van der Waals surface area contributed by atoms with Gasteiger partial charge in [0.15, 0.2) is 6.10 Å². The van der Waals surface area contributed by atoms with Crippen LogP contribution in [0.4, 0.5) is 0 Å². The second-order valence-electron chi connectivity index (χ2n) is 22.0. The third-order valence-electron chi connectivity index (χ3n) is 14.7. The summed E-state index contributed by atoms with van der Waals surface area (Å²) in [4.78, 5) is 35.2.